The third kappa shape index (κ3) is 2.61. The molecule has 0 saturated carbocycles. The van der Waals surface area contributed by atoms with Gasteiger partial charge in [-0.05, 0) is 5.56 Å². The van der Waals surface area contributed by atoms with Crippen molar-refractivity contribution in [1.29, 1.82) is 0 Å². The van der Waals surface area contributed by atoms with E-state index in [1.54, 1.807) is 0 Å². The molecule has 16 heavy (non-hydrogen) atoms. The van der Waals surface area contributed by atoms with Crippen molar-refractivity contribution in [3.8, 4) is 0 Å². The van der Waals surface area contributed by atoms with Crippen LogP contribution in [0.25, 0.3) is 0 Å². The lowest BCUT2D eigenvalue weighted by Gasteiger charge is -2.20. The molecule has 1 heterocycles. The zero-order chi connectivity index (χ0) is 11.4. The van der Waals surface area contributed by atoms with Crippen molar-refractivity contribution < 1.29 is 14.6 Å². The van der Waals surface area contributed by atoms with E-state index < -0.39 is 0 Å². The van der Waals surface area contributed by atoms with Gasteiger partial charge in [-0.3, -0.25) is 0 Å². The summed E-state index contributed by atoms with van der Waals surface area (Å²) in [7, 11) is 0. The first-order chi connectivity index (χ1) is 7.81. The molecule has 1 aliphatic heterocycles. The summed E-state index contributed by atoms with van der Waals surface area (Å²) in [5, 5.41) is 9.15. The van der Waals surface area contributed by atoms with E-state index in [-0.39, 0.29) is 18.8 Å². The van der Waals surface area contributed by atoms with Gasteiger partial charge in [-0.2, -0.15) is 0 Å². The van der Waals surface area contributed by atoms with Crippen molar-refractivity contribution in [2.45, 2.75) is 25.7 Å². The molecular weight excluding hydrogens is 204 g/mol. The predicted molar refractivity (Wildman–Crippen MR) is 61.0 cm³/mol. The van der Waals surface area contributed by atoms with Crippen LogP contribution in [-0.4, -0.2) is 30.5 Å². The van der Waals surface area contributed by atoms with Crippen LogP contribution < -0.4 is 0 Å². The average Bonchev–Trinajstić information content (AvgIpc) is 2.69. The smallest absolute Gasteiger partial charge is 0.107 e. The van der Waals surface area contributed by atoms with Crippen LogP contribution in [0.4, 0.5) is 0 Å². The zero-order valence-electron chi connectivity index (χ0n) is 9.50. The lowest BCUT2D eigenvalue weighted by molar-refractivity contribution is -0.0457. The molecule has 3 heteroatoms. The first-order valence-electron chi connectivity index (χ1n) is 5.69. The molecule has 0 radical (unpaired) electrons. The molecular formula is C13H18O3. The summed E-state index contributed by atoms with van der Waals surface area (Å²) < 4.78 is 11.3. The van der Waals surface area contributed by atoms with Crippen LogP contribution in [-0.2, 0) is 16.1 Å². The lowest BCUT2D eigenvalue weighted by Crippen LogP contribution is -2.31. The molecule has 1 fully saturated rings. The molecule has 0 unspecified atom stereocenters. The number of benzene rings is 1. The monoisotopic (exact) mass is 222 g/mol. The third-order valence-corrected chi connectivity index (χ3v) is 2.97. The molecule has 3 nitrogen and oxygen atoms in total. The second-order valence-corrected chi connectivity index (χ2v) is 4.29. The standard InChI is InChI=1S/C13H18O3/c1-10-8-15-12(7-14)13(10)16-9-11-5-3-2-4-6-11/h2-6,10,12-14H,7-9H2,1H3/t10-,12-,13+/m0/s1. The Morgan fingerprint density at radius 2 is 2.12 bits per heavy atom. The maximum absolute atomic E-state index is 9.15. The molecule has 1 aliphatic rings. The summed E-state index contributed by atoms with van der Waals surface area (Å²) in [6.45, 7) is 3.37. The summed E-state index contributed by atoms with van der Waals surface area (Å²) in [6, 6.07) is 10.1. The molecule has 3 atom stereocenters. The molecule has 0 spiro atoms. The van der Waals surface area contributed by atoms with Gasteiger partial charge in [0.25, 0.3) is 0 Å². The second-order valence-electron chi connectivity index (χ2n) is 4.29. The van der Waals surface area contributed by atoms with Crippen LogP contribution >= 0.6 is 0 Å². The van der Waals surface area contributed by atoms with Crippen molar-refractivity contribution in [3.05, 3.63) is 35.9 Å². The van der Waals surface area contributed by atoms with Crippen LogP contribution in [0.5, 0.6) is 0 Å². The number of hydrogen-bond donors (Lipinski definition) is 1. The Morgan fingerprint density at radius 3 is 2.81 bits per heavy atom. The minimum absolute atomic E-state index is 0.00482. The highest BCUT2D eigenvalue weighted by Crippen LogP contribution is 2.23. The van der Waals surface area contributed by atoms with E-state index in [0.29, 0.717) is 19.1 Å². The lowest BCUT2D eigenvalue weighted by atomic mass is 10.0. The Hall–Kier alpha value is -0.900. The van der Waals surface area contributed by atoms with Crippen molar-refractivity contribution in [1.82, 2.24) is 0 Å². The third-order valence-electron chi connectivity index (χ3n) is 2.97. The fourth-order valence-corrected chi connectivity index (χ4v) is 2.03. The van der Waals surface area contributed by atoms with Gasteiger partial charge in [0, 0.05) is 5.92 Å². The van der Waals surface area contributed by atoms with Crippen molar-refractivity contribution in [3.63, 3.8) is 0 Å². The second kappa shape index (κ2) is 5.43. The van der Waals surface area contributed by atoms with Gasteiger partial charge in [0.05, 0.1) is 25.9 Å². The van der Waals surface area contributed by atoms with Gasteiger partial charge >= 0.3 is 0 Å². The van der Waals surface area contributed by atoms with Crippen LogP contribution in [0, 0.1) is 5.92 Å². The normalized spacial score (nSPS) is 29.5. The average molecular weight is 222 g/mol. The molecule has 88 valence electrons. The van der Waals surface area contributed by atoms with Gasteiger partial charge in [0.1, 0.15) is 6.10 Å². The molecule has 0 aliphatic carbocycles. The summed E-state index contributed by atoms with van der Waals surface area (Å²) in [5.41, 5.74) is 1.15. The fourth-order valence-electron chi connectivity index (χ4n) is 2.03. The minimum Gasteiger partial charge on any atom is -0.394 e. The number of rotatable bonds is 4. The van der Waals surface area contributed by atoms with E-state index in [9.17, 15) is 0 Å². The number of aliphatic hydroxyl groups excluding tert-OH is 1. The summed E-state index contributed by atoms with van der Waals surface area (Å²) >= 11 is 0. The molecule has 0 amide bonds. The van der Waals surface area contributed by atoms with Crippen molar-refractivity contribution >= 4 is 0 Å². The van der Waals surface area contributed by atoms with Crippen molar-refractivity contribution in [2.24, 2.45) is 5.92 Å². The first kappa shape index (κ1) is 11.6. The molecule has 1 saturated heterocycles. The maximum Gasteiger partial charge on any atom is 0.107 e. The first-order valence-corrected chi connectivity index (χ1v) is 5.69. The van der Waals surface area contributed by atoms with Gasteiger partial charge in [0.2, 0.25) is 0 Å². The largest absolute Gasteiger partial charge is 0.394 e. The van der Waals surface area contributed by atoms with E-state index >= 15 is 0 Å². The molecule has 1 aromatic rings. The molecule has 1 N–H and O–H groups in total. The summed E-state index contributed by atoms with van der Waals surface area (Å²) in [4.78, 5) is 0. The van der Waals surface area contributed by atoms with Gasteiger partial charge in [-0.25, -0.2) is 0 Å². The highest BCUT2D eigenvalue weighted by atomic mass is 16.6. The molecule has 2 rings (SSSR count). The summed E-state index contributed by atoms with van der Waals surface area (Å²) in [5.74, 6) is 0.348. The highest BCUT2D eigenvalue weighted by Gasteiger charge is 2.34. The Morgan fingerprint density at radius 1 is 1.38 bits per heavy atom. The Kier molecular flexibility index (Phi) is 3.93. The number of hydrogen-bond acceptors (Lipinski definition) is 3. The maximum atomic E-state index is 9.15. The van der Waals surface area contributed by atoms with Crippen LogP contribution in [0.15, 0.2) is 30.3 Å². The minimum atomic E-state index is -0.168. The predicted octanol–water partition coefficient (Wildman–Crippen LogP) is 1.60. The van der Waals surface area contributed by atoms with Gasteiger partial charge in [-0.15, -0.1) is 0 Å². The van der Waals surface area contributed by atoms with E-state index in [1.165, 1.54) is 0 Å². The van der Waals surface area contributed by atoms with Gasteiger partial charge < -0.3 is 14.6 Å². The van der Waals surface area contributed by atoms with E-state index in [0.717, 1.165) is 5.56 Å². The summed E-state index contributed by atoms with van der Waals surface area (Å²) in [6.07, 6.45) is -0.163. The van der Waals surface area contributed by atoms with Crippen LogP contribution in [0.1, 0.15) is 12.5 Å². The van der Waals surface area contributed by atoms with E-state index in [4.69, 9.17) is 14.6 Å². The Labute approximate surface area is 96.0 Å². The van der Waals surface area contributed by atoms with Gasteiger partial charge in [-0.1, -0.05) is 37.3 Å². The fraction of sp³-hybridized carbons (Fsp3) is 0.538. The van der Waals surface area contributed by atoms with Gasteiger partial charge in [0.15, 0.2) is 0 Å². The molecule has 1 aromatic carbocycles. The SMILES string of the molecule is C[C@H]1CO[C@@H](CO)[C@@H]1OCc1ccccc1. The number of aliphatic hydroxyl groups is 1. The highest BCUT2D eigenvalue weighted by molar-refractivity contribution is 5.13. The Bertz CT molecular complexity index is 312. The quantitative estimate of drug-likeness (QED) is 0.841. The van der Waals surface area contributed by atoms with E-state index in [1.807, 2.05) is 30.3 Å². The molecule has 0 aromatic heterocycles. The Balaban J connectivity index is 1.89. The van der Waals surface area contributed by atoms with Crippen LogP contribution in [0.2, 0.25) is 0 Å². The number of ether oxygens (including phenoxy) is 2. The van der Waals surface area contributed by atoms with Crippen LogP contribution in [0.3, 0.4) is 0 Å². The zero-order valence-corrected chi connectivity index (χ0v) is 9.50. The molecule has 0 bridgehead atoms. The topological polar surface area (TPSA) is 38.7 Å². The van der Waals surface area contributed by atoms with Crippen molar-refractivity contribution in [2.75, 3.05) is 13.2 Å². The van der Waals surface area contributed by atoms with E-state index in [2.05, 4.69) is 6.92 Å².